The van der Waals surface area contributed by atoms with Gasteiger partial charge in [-0.3, -0.25) is 9.89 Å². The van der Waals surface area contributed by atoms with Crippen molar-refractivity contribution in [2.45, 2.75) is 32.8 Å². The van der Waals surface area contributed by atoms with Crippen LogP contribution in [0.3, 0.4) is 0 Å². The van der Waals surface area contributed by atoms with Crippen LogP contribution in [-0.4, -0.2) is 28.3 Å². The fourth-order valence-electron chi connectivity index (χ4n) is 3.60. The van der Waals surface area contributed by atoms with E-state index in [4.69, 9.17) is 22.1 Å². The van der Waals surface area contributed by atoms with E-state index < -0.39 is 5.91 Å². The summed E-state index contributed by atoms with van der Waals surface area (Å²) in [5.74, 6) is 0.165. The Morgan fingerprint density at radius 2 is 2.07 bits per heavy atom. The Bertz CT molecular complexity index is 1030. The lowest BCUT2D eigenvalue weighted by Gasteiger charge is -2.14. The zero-order valence-electron chi connectivity index (χ0n) is 16.5. The standard InChI is InChI=1S/C22H24ClN3O3/c1-13-6-7-15(17(12-27)21(13)29-2)8-9-18-20(22(24)28)19(26-25-18)11-14-4-3-5-16(23)10-14/h3-7,10,27H,8-9,11-12H2,1-2H3,(H2,24,28)(H,25,26). The number of nitrogens with zero attached hydrogens (tertiary/aromatic N) is 1. The minimum Gasteiger partial charge on any atom is -0.496 e. The number of ether oxygens (including phenoxy) is 1. The van der Waals surface area contributed by atoms with Crippen molar-refractivity contribution in [1.29, 1.82) is 0 Å². The van der Waals surface area contributed by atoms with Gasteiger partial charge >= 0.3 is 0 Å². The summed E-state index contributed by atoms with van der Waals surface area (Å²) in [5, 5.41) is 17.7. The molecule has 0 atom stereocenters. The van der Waals surface area contributed by atoms with Crippen LogP contribution in [0, 0.1) is 6.92 Å². The molecule has 2 aromatic carbocycles. The number of nitrogens with two attached hydrogens (primary N) is 1. The summed E-state index contributed by atoms with van der Waals surface area (Å²) in [7, 11) is 1.59. The van der Waals surface area contributed by atoms with Crippen LogP contribution in [-0.2, 0) is 25.9 Å². The van der Waals surface area contributed by atoms with Crippen LogP contribution in [0.1, 0.15) is 44.0 Å². The number of benzene rings is 2. The summed E-state index contributed by atoms with van der Waals surface area (Å²) in [6, 6.07) is 11.4. The van der Waals surface area contributed by atoms with Gasteiger partial charge in [0.1, 0.15) is 5.75 Å². The molecule has 1 heterocycles. The van der Waals surface area contributed by atoms with Gasteiger partial charge in [-0.1, -0.05) is 35.9 Å². The number of hydrogen-bond acceptors (Lipinski definition) is 4. The molecule has 152 valence electrons. The normalized spacial score (nSPS) is 10.9. The number of aromatic nitrogens is 2. The second kappa shape index (κ2) is 9.11. The molecule has 0 aliphatic heterocycles. The van der Waals surface area contributed by atoms with Gasteiger partial charge in [0.25, 0.3) is 5.91 Å². The summed E-state index contributed by atoms with van der Waals surface area (Å²) >= 11 is 6.05. The summed E-state index contributed by atoms with van der Waals surface area (Å²) < 4.78 is 5.44. The Morgan fingerprint density at radius 3 is 2.72 bits per heavy atom. The molecule has 6 nitrogen and oxygen atoms in total. The molecule has 0 aliphatic rings. The van der Waals surface area contributed by atoms with Gasteiger partial charge in [-0.2, -0.15) is 5.10 Å². The lowest BCUT2D eigenvalue weighted by molar-refractivity contribution is 0.0998. The largest absolute Gasteiger partial charge is 0.496 e. The first-order valence-electron chi connectivity index (χ1n) is 9.31. The number of aromatic amines is 1. The van der Waals surface area contributed by atoms with E-state index in [0.29, 0.717) is 47.0 Å². The van der Waals surface area contributed by atoms with Gasteiger partial charge in [0.15, 0.2) is 0 Å². The van der Waals surface area contributed by atoms with Gasteiger partial charge in [0.05, 0.1) is 30.7 Å². The van der Waals surface area contributed by atoms with Crippen molar-refractivity contribution in [3.8, 4) is 5.75 Å². The molecule has 0 aliphatic carbocycles. The van der Waals surface area contributed by atoms with E-state index in [-0.39, 0.29) is 6.61 Å². The highest BCUT2D eigenvalue weighted by Crippen LogP contribution is 2.28. The maximum absolute atomic E-state index is 12.1. The monoisotopic (exact) mass is 413 g/mol. The van der Waals surface area contributed by atoms with E-state index in [2.05, 4.69) is 10.2 Å². The van der Waals surface area contributed by atoms with E-state index in [1.54, 1.807) is 13.2 Å². The van der Waals surface area contributed by atoms with E-state index in [1.807, 2.05) is 37.3 Å². The topological polar surface area (TPSA) is 101 Å². The maximum atomic E-state index is 12.1. The third kappa shape index (κ3) is 4.60. The summed E-state index contributed by atoms with van der Waals surface area (Å²) in [4.78, 5) is 12.1. The summed E-state index contributed by atoms with van der Waals surface area (Å²) in [6.07, 6.45) is 1.57. The number of aryl methyl sites for hydroxylation is 3. The quantitative estimate of drug-likeness (QED) is 0.527. The van der Waals surface area contributed by atoms with E-state index in [1.165, 1.54) is 0 Å². The number of methoxy groups -OCH3 is 1. The molecular weight excluding hydrogens is 390 g/mol. The molecular formula is C22H24ClN3O3. The zero-order valence-corrected chi connectivity index (χ0v) is 17.2. The van der Waals surface area contributed by atoms with Crippen LogP contribution < -0.4 is 10.5 Å². The highest BCUT2D eigenvalue weighted by molar-refractivity contribution is 6.30. The number of carbonyl (C=O) groups excluding carboxylic acids is 1. The Kier molecular flexibility index (Phi) is 6.56. The van der Waals surface area contributed by atoms with Gasteiger partial charge < -0.3 is 15.6 Å². The van der Waals surface area contributed by atoms with Crippen molar-refractivity contribution in [3.05, 3.63) is 80.6 Å². The molecule has 0 spiro atoms. The lowest BCUT2D eigenvalue weighted by atomic mass is 9.97. The Morgan fingerprint density at radius 1 is 1.28 bits per heavy atom. The number of nitrogens with one attached hydrogen (secondary N) is 1. The number of H-pyrrole nitrogens is 1. The molecule has 29 heavy (non-hydrogen) atoms. The number of carbonyl (C=O) groups is 1. The predicted molar refractivity (Wildman–Crippen MR) is 112 cm³/mol. The first-order valence-corrected chi connectivity index (χ1v) is 9.69. The fourth-order valence-corrected chi connectivity index (χ4v) is 3.82. The Hall–Kier alpha value is -2.83. The van der Waals surface area contributed by atoms with Gasteiger partial charge in [0.2, 0.25) is 0 Å². The maximum Gasteiger partial charge on any atom is 0.252 e. The molecule has 0 saturated carbocycles. The molecule has 0 saturated heterocycles. The minimum absolute atomic E-state index is 0.122. The molecule has 4 N–H and O–H groups in total. The van der Waals surface area contributed by atoms with Crippen LogP contribution in [0.25, 0.3) is 0 Å². The summed E-state index contributed by atoms with van der Waals surface area (Å²) in [6.45, 7) is 1.81. The number of rotatable bonds is 8. The Labute approximate surface area is 174 Å². The van der Waals surface area contributed by atoms with Crippen molar-refractivity contribution in [2.24, 2.45) is 5.73 Å². The Balaban J connectivity index is 1.85. The average molecular weight is 414 g/mol. The number of halogens is 1. The molecule has 3 rings (SSSR count). The third-order valence-electron chi connectivity index (χ3n) is 4.98. The number of amides is 1. The van der Waals surface area contributed by atoms with E-state index >= 15 is 0 Å². The molecule has 3 aromatic rings. The second-order valence-corrected chi connectivity index (χ2v) is 7.34. The van der Waals surface area contributed by atoms with Crippen LogP contribution in [0.4, 0.5) is 0 Å². The molecule has 7 heteroatoms. The average Bonchev–Trinajstić information content (AvgIpc) is 3.09. The number of hydrogen-bond donors (Lipinski definition) is 3. The van der Waals surface area contributed by atoms with Gasteiger partial charge in [0, 0.05) is 17.0 Å². The second-order valence-electron chi connectivity index (χ2n) is 6.91. The van der Waals surface area contributed by atoms with Crippen LogP contribution in [0.15, 0.2) is 36.4 Å². The molecule has 0 fully saturated rings. The number of aliphatic hydroxyl groups excluding tert-OH is 1. The van der Waals surface area contributed by atoms with Crippen molar-refractivity contribution < 1.29 is 14.6 Å². The van der Waals surface area contributed by atoms with Crippen molar-refractivity contribution in [1.82, 2.24) is 10.2 Å². The van der Waals surface area contributed by atoms with Crippen molar-refractivity contribution in [3.63, 3.8) is 0 Å². The first kappa shape index (κ1) is 20.9. The molecule has 1 aromatic heterocycles. The molecule has 1 amide bonds. The van der Waals surface area contributed by atoms with Crippen molar-refractivity contribution >= 4 is 17.5 Å². The van der Waals surface area contributed by atoms with Crippen LogP contribution in [0.5, 0.6) is 5.75 Å². The summed E-state index contributed by atoms with van der Waals surface area (Å²) in [5.41, 5.74) is 11.0. The highest BCUT2D eigenvalue weighted by atomic mass is 35.5. The molecule has 0 unspecified atom stereocenters. The zero-order chi connectivity index (χ0) is 21.0. The molecule has 0 bridgehead atoms. The minimum atomic E-state index is -0.519. The third-order valence-corrected chi connectivity index (χ3v) is 5.22. The SMILES string of the molecule is COc1c(C)ccc(CCc2n[nH]c(Cc3cccc(Cl)c3)c2C(N)=O)c1CO. The first-order chi connectivity index (χ1) is 13.9. The van der Waals surface area contributed by atoms with Gasteiger partial charge in [-0.15, -0.1) is 0 Å². The number of primary amides is 1. The van der Waals surface area contributed by atoms with Crippen LogP contribution in [0.2, 0.25) is 5.02 Å². The smallest absolute Gasteiger partial charge is 0.252 e. The predicted octanol–water partition coefficient (Wildman–Crippen LogP) is 3.35. The van der Waals surface area contributed by atoms with E-state index in [9.17, 15) is 9.90 Å². The van der Waals surface area contributed by atoms with Gasteiger partial charge in [-0.05, 0) is 48.6 Å². The highest BCUT2D eigenvalue weighted by Gasteiger charge is 2.19. The van der Waals surface area contributed by atoms with E-state index in [0.717, 1.165) is 22.3 Å². The van der Waals surface area contributed by atoms with Crippen LogP contribution >= 0.6 is 11.6 Å². The lowest BCUT2D eigenvalue weighted by Crippen LogP contribution is -2.15. The van der Waals surface area contributed by atoms with Crippen molar-refractivity contribution in [2.75, 3.05) is 7.11 Å². The fraction of sp³-hybridized carbons (Fsp3) is 0.273. The number of aliphatic hydroxyl groups is 1. The van der Waals surface area contributed by atoms with Gasteiger partial charge in [-0.25, -0.2) is 0 Å². The molecule has 0 radical (unpaired) electrons.